The molecule has 146 valence electrons. The predicted molar refractivity (Wildman–Crippen MR) is 103 cm³/mol. The van der Waals surface area contributed by atoms with E-state index in [0.717, 1.165) is 0 Å². The van der Waals surface area contributed by atoms with Gasteiger partial charge in [-0.15, -0.1) is 0 Å². The lowest BCUT2D eigenvalue weighted by Gasteiger charge is -2.14. The van der Waals surface area contributed by atoms with Crippen molar-refractivity contribution in [2.45, 2.75) is 11.4 Å². The number of hydrogen-bond acceptors (Lipinski definition) is 5. The third-order valence-corrected chi connectivity index (χ3v) is 5.57. The first kappa shape index (κ1) is 21.0. The quantitative estimate of drug-likeness (QED) is 0.719. The van der Waals surface area contributed by atoms with Gasteiger partial charge >= 0.3 is 0 Å². The Morgan fingerprint density at radius 1 is 1.15 bits per heavy atom. The molecular formula is C18H21ClN2O5S. The molecule has 0 spiro atoms. The van der Waals surface area contributed by atoms with Gasteiger partial charge in [0.2, 0.25) is 10.0 Å². The van der Waals surface area contributed by atoms with Crippen LogP contribution in [0.3, 0.4) is 0 Å². The van der Waals surface area contributed by atoms with E-state index in [1.54, 1.807) is 44.4 Å². The van der Waals surface area contributed by atoms with Gasteiger partial charge in [0, 0.05) is 20.6 Å². The summed E-state index contributed by atoms with van der Waals surface area (Å²) in [4.78, 5) is 13.1. The van der Waals surface area contributed by atoms with Gasteiger partial charge in [-0.25, -0.2) is 13.1 Å². The van der Waals surface area contributed by atoms with Crippen LogP contribution in [-0.2, 0) is 21.4 Å². The first-order valence-corrected chi connectivity index (χ1v) is 9.85. The van der Waals surface area contributed by atoms with E-state index in [4.69, 9.17) is 21.1 Å². The first-order chi connectivity index (χ1) is 12.7. The Labute approximate surface area is 163 Å². The molecule has 1 N–H and O–H groups in total. The maximum Gasteiger partial charge on any atom is 0.259 e. The molecule has 0 aliphatic carbocycles. The highest BCUT2D eigenvalue weighted by Gasteiger charge is 2.17. The van der Waals surface area contributed by atoms with Crippen molar-refractivity contribution in [2.24, 2.45) is 0 Å². The minimum atomic E-state index is -3.75. The van der Waals surface area contributed by atoms with Gasteiger partial charge in [0.05, 0.1) is 12.1 Å². The van der Waals surface area contributed by atoms with Gasteiger partial charge in [-0.3, -0.25) is 4.79 Å². The summed E-state index contributed by atoms with van der Waals surface area (Å²) in [6.07, 6.45) is 0. The molecule has 2 rings (SSSR count). The number of nitrogens with zero attached hydrogens (tertiary/aromatic N) is 1. The fourth-order valence-electron chi connectivity index (χ4n) is 2.13. The zero-order valence-corrected chi connectivity index (χ0v) is 16.8. The molecule has 0 saturated carbocycles. The lowest BCUT2D eigenvalue weighted by molar-refractivity contribution is -0.130. The second kappa shape index (κ2) is 9.07. The monoisotopic (exact) mass is 412 g/mol. The van der Waals surface area contributed by atoms with Crippen LogP contribution in [0.5, 0.6) is 11.5 Å². The topological polar surface area (TPSA) is 84.9 Å². The van der Waals surface area contributed by atoms with Crippen molar-refractivity contribution in [2.75, 3.05) is 27.8 Å². The number of benzene rings is 2. The third-order valence-electron chi connectivity index (χ3n) is 3.67. The molecule has 0 radical (unpaired) electrons. The highest BCUT2D eigenvalue weighted by Crippen LogP contribution is 2.28. The maximum absolute atomic E-state index is 12.4. The van der Waals surface area contributed by atoms with Crippen LogP contribution in [0.15, 0.2) is 47.4 Å². The summed E-state index contributed by atoms with van der Waals surface area (Å²) in [6.45, 7) is -0.0807. The Morgan fingerprint density at radius 2 is 1.85 bits per heavy atom. The molecule has 0 unspecified atom stereocenters. The van der Waals surface area contributed by atoms with Crippen LogP contribution in [-0.4, -0.2) is 47.0 Å². The predicted octanol–water partition coefficient (Wildman–Crippen LogP) is 2.29. The average Bonchev–Trinajstić information content (AvgIpc) is 2.64. The second-order valence-corrected chi connectivity index (χ2v) is 7.96. The number of sulfonamides is 1. The second-order valence-electron chi connectivity index (χ2n) is 5.82. The fourth-order valence-corrected chi connectivity index (χ4v) is 3.66. The lowest BCUT2D eigenvalue weighted by atomic mass is 10.2. The molecule has 0 bridgehead atoms. The van der Waals surface area contributed by atoms with Crippen molar-refractivity contribution >= 4 is 27.5 Å². The summed E-state index contributed by atoms with van der Waals surface area (Å²) in [6, 6.07) is 11.2. The zero-order chi connectivity index (χ0) is 20.0. The summed E-state index contributed by atoms with van der Waals surface area (Å²) >= 11 is 5.95. The first-order valence-electron chi connectivity index (χ1n) is 7.98. The number of ether oxygens (including phenoxy) is 2. The molecule has 0 aliphatic heterocycles. The van der Waals surface area contributed by atoms with Gasteiger partial charge in [0.1, 0.15) is 4.90 Å². The maximum atomic E-state index is 12.4. The van der Waals surface area contributed by atoms with Crippen molar-refractivity contribution in [3.8, 4) is 11.5 Å². The number of carbonyl (C=O) groups excluding carboxylic acids is 1. The van der Waals surface area contributed by atoms with Crippen LogP contribution < -0.4 is 14.2 Å². The highest BCUT2D eigenvalue weighted by atomic mass is 35.5. The molecule has 0 aromatic heterocycles. The minimum Gasteiger partial charge on any atom is -0.493 e. The standard InChI is InChI=1S/C18H21ClN2O5S/c1-21(2)18(22)12-26-15-9-8-13(10-16(15)25-3)11-20-27(23,24)17-7-5-4-6-14(17)19/h4-10,20H,11-12H2,1-3H3. The molecule has 0 saturated heterocycles. The SMILES string of the molecule is COc1cc(CNS(=O)(=O)c2ccccc2Cl)ccc1OCC(=O)N(C)C. The number of halogens is 1. The summed E-state index contributed by atoms with van der Waals surface area (Å²) < 4.78 is 38.0. The van der Waals surface area contributed by atoms with E-state index in [2.05, 4.69) is 4.72 Å². The van der Waals surface area contributed by atoms with Gasteiger partial charge in [-0.05, 0) is 29.8 Å². The Kier molecular flexibility index (Phi) is 7.06. The highest BCUT2D eigenvalue weighted by molar-refractivity contribution is 7.89. The number of methoxy groups -OCH3 is 1. The van der Waals surface area contributed by atoms with E-state index in [-0.39, 0.29) is 29.0 Å². The van der Waals surface area contributed by atoms with Crippen molar-refractivity contribution in [1.82, 2.24) is 9.62 Å². The Balaban J connectivity index is 2.09. The number of hydrogen-bond donors (Lipinski definition) is 1. The Hall–Kier alpha value is -2.29. The molecule has 0 aliphatic rings. The van der Waals surface area contributed by atoms with Crippen LogP contribution in [0.2, 0.25) is 5.02 Å². The summed E-state index contributed by atoms with van der Waals surface area (Å²) in [5.74, 6) is 0.607. The Bertz CT molecular complexity index is 916. The number of likely N-dealkylation sites (N-methyl/N-ethyl adjacent to an activating group) is 1. The van der Waals surface area contributed by atoms with Crippen molar-refractivity contribution in [3.63, 3.8) is 0 Å². The Morgan fingerprint density at radius 3 is 2.48 bits per heavy atom. The van der Waals surface area contributed by atoms with Crippen molar-refractivity contribution in [1.29, 1.82) is 0 Å². The number of carbonyl (C=O) groups is 1. The number of rotatable bonds is 8. The molecule has 0 atom stereocenters. The van der Waals surface area contributed by atoms with Crippen LogP contribution in [0.4, 0.5) is 0 Å². The van der Waals surface area contributed by atoms with E-state index >= 15 is 0 Å². The van der Waals surface area contributed by atoms with Gasteiger partial charge in [-0.2, -0.15) is 0 Å². The molecule has 27 heavy (non-hydrogen) atoms. The molecule has 0 heterocycles. The van der Waals surface area contributed by atoms with Gasteiger partial charge < -0.3 is 14.4 Å². The zero-order valence-electron chi connectivity index (χ0n) is 15.2. The smallest absolute Gasteiger partial charge is 0.259 e. The fraction of sp³-hybridized carbons (Fsp3) is 0.278. The normalized spacial score (nSPS) is 11.1. The van der Waals surface area contributed by atoms with E-state index in [9.17, 15) is 13.2 Å². The molecule has 2 aromatic carbocycles. The van der Waals surface area contributed by atoms with Crippen molar-refractivity contribution in [3.05, 3.63) is 53.1 Å². The van der Waals surface area contributed by atoms with Gasteiger partial charge in [-0.1, -0.05) is 29.8 Å². The van der Waals surface area contributed by atoms with Gasteiger partial charge in [0.15, 0.2) is 18.1 Å². The van der Waals surface area contributed by atoms with Crippen LogP contribution >= 0.6 is 11.6 Å². The molecule has 9 heteroatoms. The molecule has 7 nitrogen and oxygen atoms in total. The third kappa shape index (κ3) is 5.59. The van der Waals surface area contributed by atoms with Gasteiger partial charge in [0.25, 0.3) is 5.91 Å². The number of nitrogens with one attached hydrogen (secondary N) is 1. The van der Waals surface area contributed by atoms with E-state index in [1.807, 2.05) is 0 Å². The summed E-state index contributed by atoms with van der Waals surface area (Å²) in [5, 5.41) is 0.150. The van der Waals surface area contributed by atoms with E-state index in [0.29, 0.717) is 17.1 Å². The largest absolute Gasteiger partial charge is 0.493 e. The molecule has 2 aromatic rings. The number of amides is 1. The van der Waals surface area contributed by atoms with Crippen LogP contribution in [0.25, 0.3) is 0 Å². The summed E-state index contributed by atoms with van der Waals surface area (Å²) in [7, 11) is 0.984. The van der Waals surface area contributed by atoms with Crippen LogP contribution in [0, 0.1) is 0 Å². The molecular weight excluding hydrogens is 392 g/mol. The van der Waals surface area contributed by atoms with Crippen LogP contribution in [0.1, 0.15) is 5.56 Å². The average molecular weight is 413 g/mol. The van der Waals surface area contributed by atoms with Crippen molar-refractivity contribution < 1.29 is 22.7 Å². The van der Waals surface area contributed by atoms with E-state index in [1.165, 1.54) is 24.1 Å². The summed E-state index contributed by atoms with van der Waals surface area (Å²) in [5.41, 5.74) is 0.661. The lowest BCUT2D eigenvalue weighted by Crippen LogP contribution is -2.27. The minimum absolute atomic E-state index is 0.0146. The molecule has 1 amide bonds. The molecule has 0 fully saturated rings. The van der Waals surface area contributed by atoms with E-state index < -0.39 is 10.0 Å².